The molecular weight excluding hydrogens is 264 g/mol. The molecule has 1 heterocycles. The Bertz CT molecular complexity index is 309. The molecule has 0 aliphatic rings. The Kier molecular flexibility index (Phi) is 11.1. The van der Waals surface area contributed by atoms with Gasteiger partial charge in [0.25, 0.3) is 0 Å². The number of ether oxygens (including phenoxy) is 2. The third-order valence-electron chi connectivity index (χ3n) is 3.56. The summed E-state index contributed by atoms with van der Waals surface area (Å²) < 4.78 is 15.3. The summed E-state index contributed by atoms with van der Waals surface area (Å²) in [5.41, 5.74) is 0. The third-order valence-corrected chi connectivity index (χ3v) is 3.56. The summed E-state index contributed by atoms with van der Waals surface area (Å²) in [4.78, 5) is 0. The van der Waals surface area contributed by atoms with E-state index in [-0.39, 0.29) is 0 Å². The molecule has 21 heavy (non-hydrogen) atoms. The van der Waals surface area contributed by atoms with Crippen LogP contribution < -0.4 is 4.57 Å². The van der Waals surface area contributed by atoms with Gasteiger partial charge in [-0.15, -0.1) is 0 Å². The minimum atomic E-state index is 0.835. The summed E-state index contributed by atoms with van der Waals surface area (Å²) in [7, 11) is 0. The number of hydrogen-bond donors (Lipinski definition) is 0. The van der Waals surface area contributed by atoms with Crippen LogP contribution >= 0.6 is 0 Å². The Morgan fingerprint density at radius 1 is 0.857 bits per heavy atom. The van der Waals surface area contributed by atoms with Crippen molar-refractivity contribution in [3.05, 3.63) is 18.7 Å². The van der Waals surface area contributed by atoms with Crippen LogP contribution in [0.2, 0.25) is 0 Å². The van der Waals surface area contributed by atoms with Crippen molar-refractivity contribution in [2.24, 2.45) is 0 Å². The first-order valence-corrected chi connectivity index (χ1v) is 8.57. The molecule has 0 spiro atoms. The normalized spacial score (nSPS) is 11.1. The van der Waals surface area contributed by atoms with Crippen LogP contribution in [-0.4, -0.2) is 31.0 Å². The lowest BCUT2D eigenvalue weighted by atomic mass is 10.2. The summed E-state index contributed by atoms with van der Waals surface area (Å²) in [6.45, 7) is 9.82. The van der Waals surface area contributed by atoms with Gasteiger partial charge in [-0.05, 0) is 52.4 Å². The van der Waals surface area contributed by atoms with E-state index in [0.717, 1.165) is 39.5 Å². The molecule has 0 aromatic carbocycles. The maximum Gasteiger partial charge on any atom is 0.243 e. The number of rotatable bonds is 14. The highest BCUT2D eigenvalue weighted by atomic mass is 16.5. The maximum absolute atomic E-state index is 5.35. The van der Waals surface area contributed by atoms with Crippen LogP contribution in [0, 0.1) is 0 Å². The average Bonchev–Trinajstić information content (AvgIpc) is 2.94. The van der Waals surface area contributed by atoms with Gasteiger partial charge in [0.1, 0.15) is 12.4 Å². The van der Waals surface area contributed by atoms with Crippen LogP contribution in [0.5, 0.6) is 0 Å². The number of hydrogen-bond acceptors (Lipinski definition) is 2. The van der Waals surface area contributed by atoms with Crippen molar-refractivity contribution in [3.8, 4) is 0 Å². The van der Waals surface area contributed by atoms with Crippen LogP contribution in [-0.2, 0) is 22.6 Å². The second kappa shape index (κ2) is 12.8. The smallest absolute Gasteiger partial charge is 0.243 e. The lowest BCUT2D eigenvalue weighted by Crippen LogP contribution is -2.30. The van der Waals surface area contributed by atoms with E-state index in [1.54, 1.807) is 0 Å². The molecule has 0 saturated carbocycles. The molecule has 0 radical (unpaired) electrons. The summed E-state index contributed by atoms with van der Waals surface area (Å²) in [6.07, 6.45) is 13.9. The summed E-state index contributed by atoms with van der Waals surface area (Å²) in [5, 5.41) is 0. The van der Waals surface area contributed by atoms with Gasteiger partial charge in [0.2, 0.25) is 6.33 Å². The zero-order valence-electron chi connectivity index (χ0n) is 13.9. The average molecular weight is 297 g/mol. The number of nitrogens with zero attached hydrogens (tertiary/aromatic N) is 2. The molecule has 0 N–H and O–H groups in total. The predicted molar refractivity (Wildman–Crippen MR) is 85.3 cm³/mol. The topological polar surface area (TPSA) is 27.3 Å². The van der Waals surface area contributed by atoms with Crippen molar-refractivity contribution in [1.29, 1.82) is 0 Å². The van der Waals surface area contributed by atoms with E-state index in [0.29, 0.717) is 0 Å². The molecule has 0 aliphatic carbocycles. The van der Waals surface area contributed by atoms with Crippen LogP contribution in [0.3, 0.4) is 0 Å². The van der Waals surface area contributed by atoms with E-state index in [1.165, 1.54) is 38.5 Å². The summed E-state index contributed by atoms with van der Waals surface area (Å²) >= 11 is 0. The quantitative estimate of drug-likeness (QED) is 0.389. The lowest BCUT2D eigenvalue weighted by Gasteiger charge is -2.01. The highest BCUT2D eigenvalue weighted by Crippen LogP contribution is 2.00. The Balaban J connectivity index is 2.01. The fourth-order valence-electron chi connectivity index (χ4n) is 2.34. The Labute approximate surface area is 130 Å². The van der Waals surface area contributed by atoms with Gasteiger partial charge in [0, 0.05) is 26.4 Å². The van der Waals surface area contributed by atoms with Crippen LogP contribution in [0.1, 0.15) is 52.4 Å². The Hall–Kier alpha value is -0.870. The molecule has 0 unspecified atom stereocenters. The fraction of sp³-hybridized carbons (Fsp3) is 0.824. The molecular formula is C17H33N2O2+. The third kappa shape index (κ3) is 9.64. The van der Waals surface area contributed by atoms with Gasteiger partial charge in [-0.2, -0.15) is 0 Å². The van der Waals surface area contributed by atoms with E-state index in [9.17, 15) is 0 Å². The standard InChI is InChI=1S/C17H33N2O2/c1-3-20-15-9-5-7-11-18-13-14-19(17-18)12-8-6-10-16-21-4-2/h13-14,17H,3-12,15-16H2,1-2H3/q+1. The van der Waals surface area contributed by atoms with Crippen molar-refractivity contribution in [1.82, 2.24) is 4.57 Å². The summed E-state index contributed by atoms with van der Waals surface area (Å²) in [6, 6.07) is 0. The molecule has 0 amide bonds. The largest absolute Gasteiger partial charge is 0.382 e. The van der Waals surface area contributed by atoms with Crippen molar-refractivity contribution >= 4 is 0 Å². The second-order valence-corrected chi connectivity index (χ2v) is 5.40. The molecule has 1 aromatic heterocycles. The molecule has 0 atom stereocenters. The minimum Gasteiger partial charge on any atom is -0.382 e. The Morgan fingerprint density at radius 3 is 2.19 bits per heavy atom. The van der Waals surface area contributed by atoms with Gasteiger partial charge >= 0.3 is 0 Å². The molecule has 122 valence electrons. The number of unbranched alkanes of at least 4 members (excludes halogenated alkanes) is 4. The van der Waals surface area contributed by atoms with E-state index in [4.69, 9.17) is 9.47 Å². The molecule has 0 bridgehead atoms. The molecule has 0 saturated heterocycles. The highest BCUT2D eigenvalue weighted by molar-refractivity contribution is 4.66. The fourth-order valence-corrected chi connectivity index (χ4v) is 2.34. The van der Waals surface area contributed by atoms with Crippen molar-refractivity contribution < 1.29 is 14.0 Å². The molecule has 4 nitrogen and oxygen atoms in total. The number of aryl methyl sites for hydroxylation is 2. The molecule has 0 fully saturated rings. The molecule has 0 aliphatic heterocycles. The zero-order valence-corrected chi connectivity index (χ0v) is 13.9. The molecule has 1 aromatic rings. The van der Waals surface area contributed by atoms with Gasteiger partial charge in [0.15, 0.2) is 0 Å². The molecule has 1 rings (SSSR count). The number of aromatic nitrogens is 2. The first kappa shape index (κ1) is 18.2. The molecule has 4 heteroatoms. The zero-order chi connectivity index (χ0) is 15.2. The van der Waals surface area contributed by atoms with Crippen molar-refractivity contribution in [2.75, 3.05) is 26.4 Å². The highest BCUT2D eigenvalue weighted by Gasteiger charge is 2.03. The van der Waals surface area contributed by atoms with Gasteiger partial charge in [-0.25, -0.2) is 9.13 Å². The van der Waals surface area contributed by atoms with Crippen molar-refractivity contribution in [3.63, 3.8) is 0 Å². The van der Waals surface area contributed by atoms with Crippen LogP contribution in [0.15, 0.2) is 18.7 Å². The van der Waals surface area contributed by atoms with Crippen LogP contribution in [0.25, 0.3) is 0 Å². The Morgan fingerprint density at radius 2 is 1.52 bits per heavy atom. The van der Waals surface area contributed by atoms with E-state index in [1.807, 2.05) is 0 Å². The van der Waals surface area contributed by atoms with Gasteiger partial charge in [-0.1, -0.05) is 0 Å². The first-order valence-electron chi connectivity index (χ1n) is 8.57. The predicted octanol–water partition coefficient (Wildman–Crippen LogP) is 3.19. The first-order chi connectivity index (χ1) is 10.4. The van der Waals surface area contributed by atoms with Gasteiger partial charge in [0.05, 0.1) is 13.1 Å². The van der Waals surface area contributed by atoms with E-state index < -0.39 is 0 Å². The second-order valence-electron chi connectivity index (χ2n) is 5.40. The van der Waals surface area contributed by atoms with E-state index in [2.05, 4.69) is 41.7 Å². The number of imidazole rings is 1. The monoisotopic (exact) mass is 297 g/mol. The van der Waals surface area contributed by atoms with Gasteiger partial charge in [-0.3, -0.25) is 0 Å². The van der Waals surface area contributed by atoms with E-state index >= 15 is 0 Å². The van der Waals surface area contributed by atoms with Crippen molar-refractivity contribution in [2.45, 2.75) is 65.5 Å². The minimum absolute atomic E-state index is 0.835. The van der Waals surface area contributed by atoms with Crippen LogP contribution in [0.4, 0.5) is 0 Å². The van der Waals surface area contributed by atoms with Gasteiger partial charge < -0.3 is 9.47 Å². The maximum atomic E-state index is 5.35. The lowest BCUT2D eigenvalue weighted by molar-refractivity contribution is -0.696. The SMILES string of the molecule is CCOCCCCCn1cc[n+](CCCCCOCC)c1. The summed E-state index contributed by atoms with van der Waals surface area (Å²) in [5.74, 6) is 0.